The highest BCUT2D eigenvalue weighted by atomic mass is 32.2. The van der Waals surface area contributed by atoms with Crippen LogP contribution in [0.5, 0.6) is 0 Å². The molecule has 0 bridgehead atoms. The van der Waals surface area contributed by atoms with Gasteiger partial charge < -0.3 is 21.3 Å². The molecule has 5 N–H and O–H groups in total. The molecular formula is C15H16N8O5S3. The fourth-order valence-corrected chi connectivity index (χ4v) is 6.08. The summed E-state index contributed by atoms with van der Waals surface area (Å²) >= 11 is 3.56. The first kappa shape index (κ1) is 21.5. The first-order valence-corrected chi connectivity index (χ1v) is 11.6. The molecule has 2 aromatic rings. The first-order valence-electron chi connectivity index (χ1n) is 8.72. The molecule has 2 unspecified atom stereocenters. The van der Waals surface area contributed by atoms with Gasteiger partial charge in [-0.1, -0.05) is 23.1 Å². The molecule has 4 heterocycles. The van der Waals surface area contributed by atoms with Crippen molar-refractivity contribution in [3.63, 3.8) is 0 Å². The van der Waals surface area contributed by atoms with Gasteiger partial charge in [0.1, 0.15) is 17.1 Å². The maximum atomic E-state index is 12.7. The summed E-state index contributed by atoms with van der Waals surface area (Å²) in [6.45, 7) is 0. The van der Waals surface area contributed by atoms with Gasteiger partial charge in [-0.25, -0.2) is 14.5 Å². The number of anilines is 1. The highest BCUT2D eigenvalue weighted by molar-refractivity contribution is 8.01. The number of nitrogens with two attached hydrogens (primary N) is 1. The number of carboxylic acids is 1. The Morgan fingerprint density at radius 2 is 2.26 bits per heavy atom. The first-order chi connectivity index (χ1) is 14.8. The molecule has 1 fully saturated rings. The maximum Gasteiger partial charge on any atom is 0.352 e. The Bertz CT molecular complexity index is 1080. The SMILES string of the molecule is Cn1nnnc1SCC1=C(C(=O)O)N2C(=O)C(NC(=O)C(O)c3cnc(N)s3)[C@H]2SC1. The summed E-state index contributed by atoms with van der Waals surface area (Å²) < 4.78 is 1.47. The number of carbonyl (C=O) groups is 3. The molecule has 164 valence electrons. The van der Waals surface area contributed by atoms with Gasteiger partial charge in [0, 0.05) is 24.8 Å². The van der Waals surface area contributed by atoms with Gasteiger partial charge in [-0.05, 0) is 16.0 Å². The predicted octanol–water partition coefficient (Wildman–Crippen LogP) is -1.19. The summed E-state index contributed by atoms with van der Waals surface area (Å²) in [6, 6.07) is -0.941. The van der Waals surface area contributed by atoms with Crippen LogP contribution in [0, 0.1) is 0 Å². The van der Waals surface area contributed by atoms with Gasteiger partial charge in [0.2, 0.25) is 5.16 Å². The van der Waals surface area contributed by atoms with Gasteiger partial charge in [-0.2, -0.15) is 0 Å². The second kappa shape index (κ2) is 8.45. The van der Waals surface area contributed by atoms with Crippen LogP contribution in [0.3, 0.4) is 0 Å². The summed E-state index contributed by atoms with van der Waals surface area (Å²) in [5.74, 6) is -1.91. The van der Waals surface area contributed by atoms with Crippen LogP contribution >= 0.6 is 34.9 Å². The van der Waals surface area contributed by atoms with Crippen molar-refractivity contribution in [3.05, 3.63) is 22.3 Å². The van der Waals surface area contributed by atoms with E-state index in [-0.39, 0.29) is 15.7 Å². The number of hydrogen-bond acceptors (Lipinski definition) is 12. The Labute approximate surface area is 187 Å². The number of nitrogens with one attached hydrogen (secondary N) is 1. The Balaban J connectivity index is 1.46. The number of aryl methyl sites for hydroxylation is 1. The lowest BCUT2D eigenvalue weighted by Crippen LogP contribution is -2.70. The van der Waals surface area contributed by atoms with E-state index in [0.29, 0.717) is 22.2 Å². The molecule has 13 nitrogen and oxygen atoms in total. The van der Waals surface area contributed by atoms with E-state index in [2.05, 4.69) is 25.8 Å². The quantitative estimate of drug-likeness (QED) is 0.272. The van der Waals surface area contributed by atoms with Gasteiger partial charge in [0.15, 0.2) is 11.2 Å². The van der Waals surface area contributed by atoms with Crippen molar-refractivity contribution in [1.82, 2.24) is 35.4 Å². The number of aliphatic hydroxyl groups excluding tert-OH is 1. The Morgan fingerprint density at radius 1 is 1.48 bits per heavy atom. The molecule has 0 aliphatic carbocycles. The van der Waals surface area contributed by atoms with E-state index in [9.17, 15) is 24.6 Å². The number of carbonyl (C=O) groups excluding carboxylic acids is 2. The van der Waals surface area contributed by atoms with Crippen LogP contribution in [0.4, 0.5) is 5.13 Å². The number of aliphatic carboxylic acids is 1. The zero-order valence-electron chi connectivity index (χ0n) is 15.8. The van der Waals surface area contributed by atoms with Gasteiger partial charge in [-0.3, -0.25) is 14.5 Å². The van der Waals surface area contributed by atoms with Crippen LogP contribution in [-0.2, 0) is 21.4 Å². The molecule has 0 spiro atoms. The number of thiazole rings is 1. The molecule has 31 heavy (non-hydrogen) atoms. The number of aliphatic hydroxyl groups is 1. The highest BCUT2D eigenvalue weighted by Gasteiger charge is 2.54. The van der Waals surface area contributed by atoms with E-state index in [1.165, 1.54) is 39.3 Å². The molecule has 0 saturated carbocycles. The second-order valence-corrected chi connectivity index (χ2v) is 9.67. The molecule has 0 aromatic carbocycles. The Kier molecular flexibility index (Phi) is 5.87. The summed E-state index contributed by atoms with van der Waals surface area (Å²) in [5, 5.41) is 33.6. The lowest BCUT2D eigenvalue weighted by Gasteiger charge is -2.49. The van der Waals surface area contributed by atoms with Crippen LogP contribution in [-0.4, -0.2) is 81.0 Å². The standard InChI is InChI=1S/C15H16N8O5S3/c1-22-15(19-20-21-22)30-4-5-3-29-12-7(11(26)23(12)8(5)13(27)28)18-10(25)9(24)6-2-17-14(16)31-6/h2,7,9,12,24H,3-4H2,1H3,(H2,16,17)(H,18,25)(H,27,28)/t7?,9?,12-/m1/s1. The summed E-state index contributed by atoms with van der Waals surface area (Å²) in [4.78, 5) is 42.1. The molecule has 1 saturated heterocycles. The molecule has 4 rings (SSSR count). The number of nitrogen functional groups attached to an aromatic ring is 1. The predicted molar refractivity (Wildman–Crippen MR) is 111 cm³/mol. The Hall–Kier alpha value is -2.69. The zero-order valence-corrected chi connectivity index (χ0v) is 18.3. The monoisotopic (exact) mass is 484 g/mol. The minimum absolute atomic E-state index is 0.0994. The third-order valence-corrected chi connectivity index (χ3v) is 7.88. The maximum absolute atomic E-state index is 12.7. The lowest BCUT2D eigenvalue weighted by molar-refractivity contribution is -0.151. The zero-order chi connectivity index (χ0) is 22.3. The van der Waals surface area contributed by atoms with E-state index in [1.807, 2.05) is 0 Å². The van der Waals surface area contributed by atoms with E-state index < -0.39 is 35.3 Å². The van der Waals surface area contributed by atoms with Crippen molar-refractivity contribution in [1.29, 1.82) is 0 Å². The number of amides is 2. The molecule has 16 heteroatoms. The number of aromatic nitrogens is 5. The number of thioether (sulfide) groups is 2. The van der Waals surface area contributed by atoms with Crippen molar-refractivity contribution >= 4 is 57.8 Å². The van der Waals surface area contributed by atoms with Crippen LogP contribution in [0.15, 0.2) is 22.6 Å². The van der Waals surface area contributed by atoms with Gasteiger partial charge in [0.05, 0.1) is 4.88 Å². The molecule has 0 radical (unpaired) electrons. The number of tetrazole rings is 1. The number of β-lactam (4-membered cyclic amide) rings is 1. The molecular weight excluding hydrogens is 468 g/mol. The topological polar surface area (TPSA) is 189 Å². The fourth-order valence-electron chi connectivity index (χ4n) is 3.08. The van der Waals surface area contributed by atoms with Crippen molar-refractivity contribution in [2.45, 2.75) is 22.7 Å². The second-order valence-electron chi connectivity index (χ2n) is 6.53. The smallest absolute Gasteiger partial charge is 0.352 e. The number of nitrogens with zero attached hydrogens (tertiary/aromatic N) is 6. The number of hydrogen-bond donors (Lipinski definition) is 4. The largest absolute Gasteiger partial charge is 0.477 e. The lowest BCUT2D eigenvalue weighted by atomic mass is 10.0. The summed E-state index contributed by atoms with van der Waals surface area (Å²) in [6.07, 6.45) is -0.234. The van der Waals surface area contributed by atoms with E-state index in [1.54, 1.807) is 7.05 Å². The van der Waals surface area contributed by atoms with Gasteiger partial charge in [0.25, 0.3) is 11.8 Å². The third kappa shape index (κ3) is 3.98. The van der Waals surface area contributed by atoms with Crippen molar-refractivity contribution in [2.75, 3.05) is 17.2 Å². The van der Waals surface area contributed by atoms with E-state index >= 15 is 0 Å². The Morgan fingerprint density at radius 3 is 2.87 bits per heavy atom. The molecule has 2 aromatic heterocycles. The minimum atomic E-state index is -1.52. The summed E-state index contributed by atoms with van der Waals surface area (Å²) in [5.41, 5.74) is 5.97. The van der Waals surface area contributed by atoms with Crippen LogP contribution in [0.2, 0.25) is 0 Å². The van der Waals surface area contributed by atoms with Gasteiger partial charge >= 0.3 is 5.97 Å². The van der Waals surface area contributed by atoms with Crippen LogP contribution in [0.1, 0.15) is 11.0 Å². The molecule has 2 amide bonds. The third-order valence-electron chi connectivity index (χ3n) is 4.56. The van der Waals surface area contributed by atoms with Crippen LogP contribution < -0.4 is 11.1 Å². The summed E-state index contributed by atoms with van der Waals surface area (Å²) in [7, 11) is 1.67. The molecule has 3 atom stereocenters. The van der Waals surface area contributed by atoms with Crippen molar-refractivity contribution in [3.8, 4) is 0 Å². The number of carboxylic acid groups (broad SMARTS) is 1. The van der Waals surface area contributed by atoms with Crippen molar-refractivity contribution in [2.24, 2.45) is 7.05 Å². The average molecular weight is 485 g/mol. The molecule has 2 aliphatic rings. The molecule has 2 aliphatic heterocycles. The number of rotatable bonds is 7. The average Bonchev–Trinajstić information content (AvgIpc) is 3.36. The fraction of sp³-hybridized carbons (Fsp3) is 0.400. The van der Waals surface area contributed by atoms with Crippen LogP contribution in [0.25, 0.3) is 0 Å². The number of fused-ring (bicyclic) bond motifs is 1. The van der Waals surface area contributed by atoms with E-state index in [4.69, 9.17) is 5.73 Å². The van der Waals surface area contributed by atoms with E-state index in [0.717, 1.165) is 11.3 Å². The van der Waals surface area contributed by atoms with Gasteiger partial charge in [-0.15, -0.1) is 16.9 Å². The minimum Gasteiger partial charge on any atom is -0.477 e. The van der Waals surface area contributed by atoms with Crippen molar-refractivity contribution < 1.29 is 24.6 Å². The highest BCUT2D eigenvalue weighted by Crippen LogP contribution is 2.41. The normalized spacial score (nSPS) is 21.5.